The summed E-state index contributed by atoms with van der Waals surface area (Å²) in [4.78, 5) is 29.9. The number of hydrogen-bond acceptors (Lipinski definition) is 7. The zero-order chi connectivity index (χ0) is 38.4. The summed E-state index contributed by atoms with van der Waals surface area (Å²) >= 11 is 0. The summed E-state index contributed by atoms with van der Waals surface area (Å²) in [6, 6.07) is 37.0. The number of nitrogens with zero attached hydrogens (tertiary/aromatic N) is 1. The Balaban J connectivity index is 1.28. The zero-order valence-corrected chi connectivity index (χ0v) is 30.8. The van der Waals surface area contributed by atoms with Crippen LogP contribution in [0.1, 0.15) is 61.0 Å². The van der Waals surface area contributed by atoms with Gasteiger partial charge in [-0.1, -0.05) is 98.8 Å². The summed E-state index contributed by atoms with van der Waals surface area (Å²) < 4.78 is 53.0. The molecule has 10 heteroatoms. The molecule has 2 amide bonds. The Kier molecular flexibility index (Phi) is 11.3. The molecule has 0 unspecified atom stereocenters. The van der Waals surface area contributed by atoms with Gasteiger partial charge in [-0.25, -0.2) is 18.5 Å². The lowest BCUT2D eigenvalue weighted by Gasteiger charge is -2.44. The fraction of sp³-hybridized carbons (Fsp3) is 0.289. The highest BCUT2D eigenvalue weighted by Crippen LogP contribution is 2.44. The van der Waals surface area contributed by atoms with Gasteiger partial charge in [0.2, 0.25) is 5.91 Å². The average Bonchev–Trinajstić information content (AvgIpc) is 3.60. The van der Waals surface area contributed by atoms with Gasteiger partial charge in [0.05, 0.1) is 25.2 Å². The Morgan fingerprint density at radius 2 is 1.42 bits per heavy atom. The highest BCUT2D eigenvalue weighted by atomic mass is 19.1. The van der Waals surface area contributed by atoms with Gasteiger partial charge in [-0.15, -0.1) is 0 Å². The molecule has 7 rings (SSSR count). The number of ether oxygens (including phenoxy) is 4. The number of nitrogens with one attached hydrogen (secondary N) is 1. The van der Waals surface area contributed by atoms with Crippen LogP contribution in [0.3, 0.4) is 0 Å². The van der Waals surface area contributed by atoms with Crippen molar-refractivity contribution >= 4 is 17.7 Å². The average molecular weight is 747 g/mol. The number of hydrogen-bond donors (Lipinski definition) is 1. The quantitative estimate of drug-likeness (QED) is 0.128. The van der Waals surface area contributed by atoms with Crippen LogP contribution >= 0.6 is 0 Å². The Hall–Kier alpha value is -5.58. The minimum atomic E-state index is -1.30. The van der Waals surface area contributed by atoms with Crippen molar-refractivity contribution in [3.05, 3.63) is 167 Å². The summed E-state index contributed by atoms with van der Waals surface area (Å²) in [5.41, 5.74) is 3.40. The van der Waals surface area contributed by atoms with Crippen molar-refractivity contribution in [2.75, 3.05) is 25.1 Å². The molecule has 1 N–H and O–H groups in total. The van der Waals surface area contributed by atoms with Gasteiger partial charge in [0.25, 0.3) is 0 Å². The van der Waals surface area contributed by atoms with Crippen molar-refractivity contribution in [3.63, 3.8) is 0 Å². The van der Waals surface area contributed by atoms with Crippen LogP contribution in [0.25, 0.3) is 0 Å². The van der Waals surface area contributed by atoms with Crippen LogP contribution in [0.2, 0.25) is 0 Å². The van der Waals surface area contributed by atoms with Crippen molar-refractivity contribution in [1.82, 2.24) is 4.90 Å². The molecule has 2 heterocycles. The van der Waals surface area contributed by atoms with E-state index in [4.69, 9.17) is 18.9 Å². The topological polar surface area (TPSA) is 86.3 Å². The van der Waals surface area contributed by atoms with E-state index in [1.54, 1.807) is 24.3 Å². The predicted molar refractivity (Wildman–Crippen MR) is 204 cm³/mol. The maximum absolute atomic E-state index is 15.2. The molecule has 55 heavy (non-hydrogen) atoms. The van der Waals surface area contributed by atoms with Gasteiger partial charge in [-0.3, -0.25) is 4.79 Å². The molecular formula is C45H44F2N2O6. The third kappa shape index (κ3) is 8.88. The van der Waals surface area contributed by atoms with Gasteiger partial charge in [0, 0.05) is 23.1 Å². The van der Waals surface area contributed by atoms with Crippen molar-refractivity contribution in [2.24, 2.45) is 11.3 Å². The third-order valence-corrected chi connectivity index (χ3v) is 10.1. The molecule has 5 aromatic rings. The minimum absolute atomic E-state index is 0.00559. The van der Waals surface area contributed by atoms with E-state index < -0.39 is 47.4 Å². The van der Waals surface area contributed by atoms with E-state index in [1.807, 2.05) is 98.8 Å². The van der Waals surface area contributed by atoms with Gasteiger partial charge in [0.1, 0.15) is 36.6 Å². The molecule has 2 saturated heterocycles. The summed E-state index contributed by atoms with van der Waals surface area (Å²) in [6.45, 7) is 5.17. The Morgan fingerprint density at radius 1 is 0.818 bits per heavy atom. The normalized spacial score (nSPS) is 18.6. The highest BCUT2D eigenvalue weighted by Gasteiger charge is 2.47. The molecule has 0 radical (unpaired) electrons. The number of carbonyl (C=O) groups is 2. The summed E-state index contributed by atoms with van der Waals surface area (Å²) in [7, 11) is 0. The van der Waals surface area contributed by atoms with Gasteiger partial charge in [-0.05, 0) is 71.6 Å². The van der Waals surface area contributed by atoms with E-state index in [0.717, 1.165) is 16.7 Å². The molecule has 0 aliphatic carbocycles. The monoisotopic (exact) mass is 746 g/mol. The van der Waals surface area contributed by atoms with Gasteiger partial charge < -0.3 is 24.3 Å². The molecule has 5 aromatic carbocycles. The summed E-state index contributed by atoms with van der Waals surface area (Å²) in [5.74, 6) is -2.87. The molecular weight excluding hydrogens is 702 g/mol. The molecule has 0 saturated carbocycles. The lowest BCUT2D eigenvalue weighted by molar-refractivity contribution is -0.312. The minimum Gasteiger partial charge on any atom is -0.489 e. The van der Waals surface area contributed by atoms with Crippen LogP contribution in [-0.2, 0) is 31.4 Å². The second kappa shape index (κ2) is 16.4. The van der Waals surface area contributed by atoms with Crippen LogP contribution in [-0.4, -0.2) is 36.7 Å². The molecule has 0 spiro atoms. The molecule has 0 bridgehead atoms. The predicted octanol–water partition coefficient (Wildman–Crippen LogP) is 9.74. The van der Waals surface area contributed by atoms with Gasteiger partial charge in [-0.2, -0.15) is 0 Å². The zero-order valence-electron chi connectivity index (χ0n) is 30.8. The van der Waals surface area contributed by atoms with Crippen LogP contribution in [0.15, 0.2) is 133 Å². The Bertz CT molecular complexity index is 2030. The fourth-order valence-corrected chi connectivity index (χ4v) is 7.06. The van der Waals surface area contributed by atoms with E-state index in [9.17, 15) is 13.6 Å². The second-order valence-electron chi connectivity index (χ2n) is 14.8. The van der Waals surface area contributed by atoms with Crippen molar-refractivity contribution in [2.45, 2.75) is 51.2 Å². The number of amides is 2. The van der Waals surface area contributed by atoms with Gasteiger partial charge >= 0.3 is 6.09 Å². The summed E-state index contributed by atoms with van der Waals surface area (Å²) in [6.07, 6.45) is -0.397. The second-order valence-corrected chi connectivity index (χ2v) is 14.8. The Labute approximate surface area is 320 Å². The highest BCUT2D eigenvalue weighted by molar-refractivity contribution is 5.95. The third-order valence-electron chi connectivity index (χ3n) is 10.1. The number of halogens is 2. The SMILES string of the molecule is CC1(C)COC(CC[C@@H](C(=O)N2C(=O)OC[C@@H]2c2ccccc2)[C@H](Nc2ccc(F)cc2)c2ccc(OCc3ccccc3)cc2)(c2ccc(F)cc2)OC1. The first-order valence-electron chi connectivity index (χ1n) is 18.5. The number of cyclic esters (lactones) is 1. The maximum Gasteiger partial charge on any atom is 0.417 e. The van der Waals surface area contributed by atoms with Crippen LogP contribution in [0, 0.1) is 23.0 Å². The van der Waals surface area contributed by atoms with E-state index in [-0.39, 0.29) is 24.9 Å². The smallest absolute Gasteiger partial charge is 0.417 e. The Morgan fingerprint density at radius 3 is 2.05 bits per heavy atom. The van der Waals surface area contributed by atoms with Crippen molar-refractivity contribution < 1.29 is 37.3 Å². The van der Waals surface area contributed by atoms with E-state index >= 15 is 4.79 Å². The molecule has 2 aliphatic heterocycles. The summed E-state index contributed by atoms with van der Waals surface area (Å²) in [5, 5.41) is 3.50. The van der Waals surface area contributed by atoms with Crippen LogP contribution < -0.4 is 10.1 Å². The molecule has 0 aromatic heterocycles. The fourth-order valence-electron chi connectivity index (χ4n) is 7.06. The first-order valence-corrected chi connectivity index (χ1v) is 18.5. The molecule has 3 atom stereocenters. The van der Waals surface area contributed by atoms with Crippen LogP contribution in [0.5, 0.6) is 5.75 Å². The first kappa shape index (κ1) is 37.7. The lowest BCUT2D eigenvalue weighted by Crippen LogP contribution is -2.47. The number of benzene rings is 5. The van der Waals surface area contributed by atoms with E-state index in [0.29, 0.717) is 36.8 Å². The van der Waals surface area contributed by atoms with E-state index in [2.05, 4.69) is 5.32 Å². The van der Waals surface area contributed by atoms with Gasteiger partial charge in [0.15, 0.2) is 5.79 Å². The largest absolute Gasteiger partial charge is 0.489 e. The molecule has 8 nitrogen and oxygen atoms in total. The molecule has 284 valence electrons. The van der Waals surface area contributed by atoms with E-state index in [1.165, 1.54) is 29.2 Å². The lowest BCUT2D eigenvalue weighted by atomic mass is 9.84. The van der Waals surface area contributed by atoms with Crippen LogP contribution in [0.4, 0.5) is 19.3 Å². The maximum atomic E-state index is 15.2. The first-order chi connectivity index (χ1) is 26.6. The van der Waals surface area contributed by atoms with Crippen molar-refractivity contribution in [3.8, 4) is 5.75 Å². The molecule has 2 aliphatic rings. The number of carbonyl (C=O) groups excluding carboxylic acids is 2. The number of rotatable bonds is 13. The standard InChI is InChI=1S/C45H44F2N2O6/c1-44(2)29-54-45(55-30-44,34-15-17-35(46)18-16-34)26-25-39(42(50)49-40(28-53-43(49)51)32-11-7-4-8-12-32)41(48-37-21-19-36(47)20-22-37)33-13-23-38(24-14-33)52-27-31-9-5-3-6-10-31/h3-24,39-41,48H,25-30H2,1-2H3/t39-,40-,41-/m1/s1. The van der Waals surface area contributed by atoms with Crippen molar-refractivity contribution in [1.29, 1.82) is 0 Å². The number of imide groups is 1. The number of anilines is 1. The molecule has 2 fully saturated rings.